The van der Waals surface area contributed by atoms with E-state index in [1.807, 2.05) is 0 Å². The predicted molar refractivity (Wildman–Crippen MR) is 77.5 cm³/mol. The molecule has 2 aromatic rings. The third kappa shape index (κ3) is 2.44. The van der Waals surface area contributed by atoms with Gasteiger partial charge in [-0.25, -0.2) is 0 Å². The van der Waals surface area contributed by atoms with E-state index >= 15 is 0 Å². The Morgan fingerprint density at radius 2 is 1.90 bits per heavy atom. The molecule has 0 bridgehead atoms. The Labute approximate surface area is 126 Å². The van der Waals surface area contributed by atoms with E-state index in [9.17, 15) is 10.2 Å². The number of hydrogen-bond acceptors (Lipinski definition) is 3. The number of aliphatic hydroxyl groups is 1. The van der Waals surface area contributed by atoms with Gasteiger partial charge in [-0.05, 0) is 35.9 Å². The van der Waals surface area contributed by atoms with Crippen LogP contribution in [-0.2, 0) is 0 Å². The van der Waals surface area contributed by atoms with Gasteiger partial charge in [0.05, 0.1) is 11.1 Å². The van der Waals surface area contributed by atoms with Crippen molar-refractivity contribution in [2.45, 2.75) is 18.6 Å². The van der Waals surface area contributed by atoms with Gasteiger partial charge in [-0.2, -0.15) is 0 Å². The maximum atomic E-state index is 10.2. The second-order valence-electron chi connectivity index (χ2n) is 4.75. The maximum absolute atomic E-state index is 10.2. The van der Waals surface area contributed by atoms with Crippen molar-refractivity contribution in [3.8, 4) is 11.5 Å². The van der Waals surface area contributed by atoms with E-state index in [-0.39, 0.29) is 16.9 Å². The second-order valence-corrected chi connectivity index (χ2v) is 5.59. The number of halogens is 2. The minimum Gasteiger partial charge on any atom is -0.506 e. The Hall–Kier alpha value is -1.42. The van der Waals surface area contributed by atoms with Crippen molar-refractivity contribution in [3.63, 3.8) is 0 Å². The zero-order chi connectivity index (χ0) is 14.3. The first-order valence-electron chi connectivity index (χ1n) is 6.17. The molecule has 0 radical (unpaired) electrons. The van der Waals surface area contributed by atoms with Crippen LogP contribution < -0.4 is 4.74 Å². The largest absolute Gasteiger partial charge is 0.506 e. The lowest BCUT2D eigenvalue weighted by Gasteiger charge is -2.30. The summed E-state index contributed by atoms with van der Waals surface area (Å²) in [6, 6.07) is 10.1. The second kappa shape index (κ2) is 5.17. The van der Waals surface area contributed by atoms with E-state index in [0.29, 0.717) is 22.8 Å². The molecule has 2 unspecified atom stereocenters. The van der Waals surface area contributed by atoms with Gasteiger partial charge in [0, 0.05) is 17.0 Å². The topological polar surface area (TPSA) is 49.7 Å². The van der Waals surface area contributed by atoms with Crippen molar-refractivity contribution in [2.24, 2.45) is 0 Å². The van der Waals surface area contributed by atoms with Gasteiger partial charge in [0.15, 0.2) is 0 Å². The molecule has 0 aliphatic carbocycles. The number of fused-ring (bicyclic) bond motifs is 1. The molecule has 2 N–H and O–H groups in total. The Morgan fingerprint density at radius 1 is 1.10 bits per heavy atom. The van der Waals surface area contributed by atoms with Crippen LogP contribution in [0.4, 0.5) is 0 Å². The number of aliphatic hydroxyl groups excluding tert-OH is 1. The van der Waals surface area contributed by atoms with E-state index in [4.69, 9.17) is 27.9 Å². The summed E-state index contributed by atoms with van der Waals surface area (Å²) in [5.41, 5.74) is 1.51. The Bertz CT molecular complexity index is 658. The summed E-state index contributed by atoms with van der Waals surface area (Å²) in [6.07, 6.45) is -0.541. The highest BCUT2D eigenvalue weighted by atomic mass is 35.5. The molecule has 0 amide bonds. The van der Waals surface area contributed by atoms with E-state index in [2.05, 4.69) is 0 Å². The molecule has 104 valence electrons. The van der Waals surface area contributed by atoms with Crippen LogP contribution in [0.15, 0.2) is 36.4 Å². The van der Waals surface area contributed by atoms with Gasteiger partial charge in [-0.15, -0.1) is 0 Å². The van der Waals surface area contributed by atoms with Crippen molar-refractivity contribution >= 4 is 23.2 Å². The summed E-state index contributed by atoms with van der Waals surface area (Å²) >= 11 is 11.8. The molecule has 0 fully saturated rings. The smallest absolute Gasteiger partial charge is 0.134 e. The molecule has 1 aliphatic rings. The summed E-state index contributed by atoms with van der Waals surface area (Å²) in [7, 11) is 0. The van der Waals surface area contributed by atoms with Crippen molar-refractivity contribution in [1.29, 1.82) is 0 Å². The van der Waals surface area contributed by atoms with E-state index < -0.39 is 6.10 Å². The fraction of sp³-hybridized carbons (Fsp3) is 0.200. The summed E-state index contributed by atoms with van der Waals surface area (Å²) in [5.74, 6) is 0.640. The lowest BCUT2D eigenvalue weighted by atomic mass is 9.95. The summed E-state index contributed by atoms with van der Waals surface area (Å²) < 4.78 is 5.88. The number of ether oxygens (including phenoxy) is 1. The SMILES string of the molecule is Oc1ccc(C2CC(O)c3cc(Cl)ccc3O2)cc1Cl. The summed E-state index contributed by atoms with van der Waals surface area (Å²) in [5, 5.41) is 20.5. The number of phenolic OH excluding ortho intramolecular Hbond substituents is 1. The molecule has 3 rings (SSSR count). The van der Waals surface area contributed by atoms with Crippen LogP contribution in [0.25, 0.3) is 0 Å². The molecule has 1 heterocycles. The molecule has 0 saturated carbocycles. The van der Waals surface area contributed by atoms with Gasteiger partial charge in [0.1, 0.15) is 17.6 Å². The first-order chi connectivity index (χ1) is 9.54. The quantitative estimate of drug-likeness (QED) is 0.827. The first-order valence-corrected chi connectivity index (χ1v) is 6.93. The molecule has 0 spiro atoms. The fourth-order valence-electron chi connectivity index (χ4n) is 2.35. The normalized spacial score (nSPS) is 21.1. The van der Waals surface area contributed by atoms with Gasteiger partial charge in [0.2, 0.25) is 0 Å². The molecule has 20 heavy (non-hydrogen) atoms. The molecular formula is C15H12Cl2O3. The van der Waals surface area contributed by atoms with Gasteiger partial charge >= 0.3 is 0 Å². The van der Waals surface area contributed by atoms with Gasteiger partial charge in [0.25, 0.3) is 0 Å². The minimum atomic E-state index is -0.643. The summed E-state index contributed by atoms with van der Waals surface area (Å²) in [6.45, 7) is 0. The van der Waals surface area contributed by atoms with Crippen LogP contribution in [0.2, 0.25) is 10.0 Å². The highest BCUT2D eigenvalue weighted by Gasteiger charge is 2.28. The van der Waals surface area contributed by atoms with E-state index in [1.54, 1.807) is 30.3 Å². The Balaban J connectivity index is 1.94. The third-order valence-corrected chi connectivity index (χ3v) is 3.92. The van der Waals surface area contributed by atoms with E-state index in [0.717, 1.165) is 5.56 Å². The molecule has 0 saturated heterocycles. The maximum Gasteiger partial charge on any atom is 0.134 e. The Kier molecular flexibility index (Phi) is 3.50. The minimum absolute atomic E-state index is 0.0268. The highest BCUT2D eigenvalue weighted by molar-refractivity contribution is 6.32. The first kappa shape index (κ1) is 13.6. The molecular weight excluding hydrogens is 299 g/mol. The zero-order valence-corrected chi connectivity index (χ0v) is 11.9. The number of hydrogen-bond donors (Lipinski definition) is 2. The predicted octanol–water partition coefficient (Wildman–Crippen LogP) is 4.26. The number of phenols is 1. The fourth-order valence-corrected chi connectivity index (χ4v) is 2.72. The number of benzene rings is 2. The lowest BCUT2D eigenvalue weighted by Crippen LogP contribution is -2.19. The van der Waals surface area contributed by atoms with Gasteiger partial charge in [-0.1, -0.05) is 29.3 Å². The van der Waals surface area contributed by atoms with Crippen molar-refractivity contribution in [3.05, 3.63) is 57.6 Å². The van der Waals surface area contributed by atoms with Crippen LogP contribution in [0.3, 0.4) is 0 Å². The zero-order valence-electron chi connectivity index (χ0n) is 10.4. The summed E-state index contributed by atoms with van der Waals surface area (Å²) in [4.78, 5) is 0. The standard InChI is InChI=1S/C15H12Cl2O3/c16-9-2-4-14-10(6-9)13(19)7-15(20-14)8-1-3-12(18)11(17)5-8/h1-6,13,15,18-19H,7H2. The average molecular weight is 311 g/mol. The molecule has 3 nitrogen and oxygen atoms in total. The molecule has 2 aromatic carbocycles. The lowest BCUT2D eigenvalue weighted by molar-refractivity contribution is 0.0657. The van der Waals surface area contributed by atoms with Crippen LogP contribution in [-0.4, -0.2) is 10.2 Å². The van der Waals surface area contributed by atoms with Crippen molar-refractivity contribution in [1.82, 2.24) is 0 Å². The third-order valence-electron chi connectivity index (χ3n) is 3.38. The van der Waals surface area contributed by atoms with Gasteiger partial charge < -0.3 is 14.9 Å². The molecule has 2 atom stereocenters. The van der Waals surface area contributed by atoms with Crippen LogP contribution in [0.5, 0.6) is 11.5 Å². The van der Waals surface area contributed by atoms with E-state index in [1.165, 1.54) is 6.07 Å². The average Bonchev–Trinajstić information content (AvgIpc) is 2.42. The van der Waals surface area contributed by atoms with Crippen LogP contribution in [0.1, 0.15) is 29.8 Å². The van der Waals surface area contributed by atoms with Gasteiger partial charge in [-0.3, -0.25) is 0 Å². The monoisotopic (exact) mass is 310 g/mol. The van der Waals surface area contributed by atoms with Crippen LogP contribution in [0, 0.1) is 0 Å². The molecule has 1 aliphatic heterocycles. The highest BCUT2D eigenvalue weighted by Crippen LogP contribution is 2.42. The number of rotatable bonds is 1. The van der Waals surface area contributed by atoms with Crippen LogP contribution >= 0.6 is 23.2 Å². The van der Waals surface area contributed by atoms with Crippen molar-refractivity contribution in [2.75, 3.05) is 0 Å². The molecule has 0 aromatic heterocycles. The Morgan fingerprint density at radius 3 is 2.65 bits per heavy atom. The van der Waals surface area contributed by atoms with Crippen molar-refractivity contribution < 1.29 is 14.9 Å². The number of aromatic hydroxyl groups is 1. The molecule has 5 heteroatoms.